The predicted octanol–water partition coefficient (Wildman–Crippen LogP) is 2.54. The summed E-state index contributed by atoms with van der Waals surface area (Å²) in [4.78, 5) is 32.9. The van der Waals surface area contributed by atoms with Gasteiger partial charge >= 0.3 is 5.97 Å². The first-order valence-electron chi connectivity index (χ1n) is 8.22. The van der Waals surface area contributed by atoms with E-state index in [1.54, 1.807) is 48.8 Å². The average molecular weight is 365 g/mol. The van der Waals surface area contributed by atoms with Gasteiger partial charge in [0.05, 0.1) is 16.6 Å². The van der Waals surface area contributed by atoms with Crippen molar-refractivity contribution in [1.29, 1.82) is 0 Å². The lowest BCUT2D eigenvalue weighted by Crippen LogP contribution is -2.30. The predicted molar refractivity (Wildman–Crippen MR) is 95.6 cm³/mol. The van der Waals surface area contributed by atoms with Crippen LogP contribution in [0.2, 0.25) is 0 Å². The number of nitrogens with zero attached hydrogens (tertiary/aromatic N) is 2. The summed E-state index contributed by atoms with van der Waals surface area (Å²) >= 11 is 0. The molecule has 0 fully saturated rings. The van der Waals surface area contributed by atoms with Crippen LogP contribution in [0, 0.1) is 0 Å². The first-order chi connectivity index (χ1) is 13.1. The van der Waals surface area contributed by atoms with Gasteiger partial charge in [0.25, 0.3) is 5.91 Å². The van der Waals surface area contributed by atoms with E-state index in [4.69, 9.17) is 14.2 Å². The maximum Gasteiger partial charge on any atom is 0.338 e. The van der Waals surface area contributed by atoms with Crippen molar-refractivity contribution in [2.45, 2.75) is 13.0 Å². The van der Waals surface area contributed by atoms with E-state index in [1.807, 2.05) is 0 Å². The number of ether oxygens (including phenoxy) is 3. The molecular weight excluding hydrogens is 350 g/mol. The van der Waals surface area contributed by atoms with Gasteiger partial charge in [-0.15, -0.1) is 0 Å². The second-order valence-electron chi connectivity index (χ2n) is 5.86. The molecule has 8 nitrogen and oxygen atoms in total. The van der Waals surface area contributed by atoms with Crippen molar-refractivity contribution >= 4 is 28.6 Å². The molecule has 0 spiro atoms. The summed E-state index contributed by atoms with van der Waals surface area (Å²) in [5.41, 5.74) is 2.06. The number of esters is 1. The van der Waals surface area contributed by atoms with Crippen molar-refractivity contribution in [1.82, 2.24) is 9.97 Å². The molecule has 0 saturated carbocycles. The molecule has 1 aliphatic heterocycles. The zero-order valence-electron chi connectivity index (χ0n) is 14.3. The number of aromatic nitrogens is 2. The minimum absolute atomic E-state index is 0.150. The Morgan fingerprint density at radius 1 is 1.04 bits per heavy atom. The second-order valence-corrected chi connectivity index (χ2v) is 5.86. The van der Waals surface area contributed by atoms with Crippen LogP contribution in [-0.4, -0.2) is 34.7 Å². The highest BCUT2D eigenvalue weighted by molar-refractivity contribution is 5.98. The Bertz CT molecular complexity index is 1040. The van der Waals surface area contributed by atoms with Crippen LogP contribution in [0.3, 0.4) is 0 Å². The van der Waals surface area contributed by atoms with Gasteiger partial charge in [0.15, 0.2) is 17.6 Å². The maximum absolute atomic E-state index is 12.3. The number of amides is 1. The van der Waals surface area contributed by atoms with E-state index in [0.29, 0.717) is 33.8 Å². The third-order valence-corrected chi connectivity index (χ3v) is 4.00. The van der Waals surface area contributed by atoms with E-state index in [-0.39, 0.29) is 6.79 Å². The highest BCUT2D eigenvalue weighted by atomic mass is 16.7. The molecule has 1 N–H and O–H groups in total. The fraction of sp³-hybridized carbons (Fsp3) is 0.158. The van der Waals surface area contributed by atoms with Gasteiger partial charge in [0.2, 0.25) is 6.79 Å². The largest absolute Gasteiger partial charge is 0.454 e. The van der Waals surface area contributed by atoms with Gasteiger partial charge < -0.3 is 19.5 Å². The van der Waals surface area contributed by atoms with Crippen LogP contribution >= 0.6 is 0 Å². The first kappa shape index (κ1) is 16.8. The molecule has 2 heterocycles. The Morgan fingerprint density at radius 3 is 2.67 bits per heavy atom. The minimum atomic E-state index is -0.986. The molecule has 1 aliphatic rings. The Morgan fingerprint density at radius 2 is 1.81 bits per heavy atom. The lowest BCUT2D eigenvalue weighted by Gasteiger charge is -2.14. The molecular formula is C19H15N3O5. The van der Waals surface area contributed by atoms with Crippen LogP contribution in [0.4, 0.5) is 5.69 Å². The van der Waals surface area contributed by atoms with Crippen molar-refractivity contribution in [3.8, 4) is 11.5 Å². The molecule has 1 amide bonds. The Labute approximate surface area is 154 Å². The number of rotatable bonds is 4. The van der Waals surface area contributed by atoms with Gasteiger partial charge in [-0.25, -0.2) is 4.79 Å². The van der Waals surface area contributed by atoms with Crippen LogP contribution < -0.4 is 14.8 Å². The topological polar surface area (TPSA) is 99.6 Å². The van der Waals surface area contributed by atoms with Gasteiger partial charge in [0, 0.05) is 24.1 Å². The van der Waals surface area contributed by atoms with E-state index >= 15 is 0 Å². The van der Waals surface area contributed by atoms with Crippen molar-refractivity contribution in [3.63, 3.8) is 0 Å². The molecule has 1 aromatic heterocycles. The van der Waals surface area contributed by atoms with E-state index < -0.39 is 18.0 Å². The lowest BCUT2D eigenvalue weighted by molar-refractivity contribution is -0.123. The number of hydrogen-bond donors (Lipinski definition) is 1. The highest BCUT2D eigenvalue weighted by Crippen LogP contribution is 2.34. The molecule has 0 aliphatic carbocycles. The fourth-order valence-electron chi connectivity index (χ4n) is 2.59. The number of anilines is 1. The van der Waals surface area contributed by atoms with Crippen LogP contribution in [0.1, 0.15) is 17.3 Å². The molecule has 0 unspecified atom stereocenters. The zero-order chi connectivity index (χ0) is 18.8. The van der Waals surface area contributed by atoms with Gasteiger partial charge in [-0.05, 0) is 37.3 Å². The maximum atomic E-state index is 12.3. The molecule has 136 valence electrons. The molecule has 4 rings (SSSR count). The Hall–Kier alpha value is -3.68. The standard InChI is InChI=1S/C19H15N3O5/c1-11(18(23)22-13-3-5-16-17(9-13)26-10-25-16)27-19(24)12-2-4-14-15(8-12)21-7-6-20-14/h2-9,11H,10H2,1H3,(H,22,23)/t11-/m0/s1. The molecule has 27 heavy (non-hydrogen) atoms. The van der Waals surface area contributed by atoms with Crippen molar-refractivity contribution in [2.75, 3.05) is 12.1 Å². The normalized spacial score (nSPS) is 13.2. The molecule has 8 heteroatoms. The Balaban J connectivity index is 1.42. The lowest BCUT2D eigenvalue weighted by atomic mass is 10.2. The van der Waals surface area contributed by atoms with Gasteiger partial charge in [-0.2, -0.15) is 0 Å². The van der Waals surface area contributed by atoms with Crippen molar-refractivity contribution < 1.29 is 23.8 Å². The summed E-state index contributed by atoms with van der Waals surface area (Å²) in [6.07, 6.45) is 2.13. The number of carbonyl (C=O) groups is 2. The summed E-state index contributed by atoms with van der Waals surface area (Å²) in [6, 6.07) is 9.87. The highest BCUT2D eigenvalue weighted by Gasteiger charge is 2.21. The van der Waals surface area contributed by atoms with E-state index in [2.05, 4.69) is 15.3 Å². The third kappa shape index (κ3) is 3.50. The molecule has 0 radical (unpaired) electrons. The first-order valence-corrected chi connectivity index (χ1v) is 8.22. The molecule has 0 saturated heterocycles. The number of benzene rings is 2. The van der Waals surface area contributed by atoms with Gasteiger partial charge in [-0.1, -0.05) is 0 Å². The third-order valence-electron chi connectivity index (χ3n) is 4.00. The fourth-order valence-corrected chi connectivity index (χ4v) is 2.59. The minimum Gasteiger partial charge on any atom is -0.454 e. The summed E-state index contributed by atoms with van der Waals surface area (Å²) in [7, 11) is 0. The smallest absolute Gasteiger partial charge is 0.338 e. The SMILES string of the molecule is C[C@H](OC(=O)c1ccc2nccnc2c1)C(=O)Nc1ccc2c(c1)OCO2. The van der Waals surface area contributed by atoms with Crippen LogP contribution in [0.25, 0.3) is 11.0 Å². The Kier molecular flexibility index (Phi) is 4.29. The number of hydrogen-bond acceptors (Lipinski definition) is 7. The van der Waals surface area contributed by atoms with Crippen molar-refractivity contribution in [3.05, 3.63) is 54.4 Å². The average Bonchev–Trinajstić information content (AvgIpc) is 3.15. The van der Waals surface area contributed by atoms with Crippen molar-refractivity contribution in [2.24, 2.45) is 0 Å². The number of fused-ring (bicyclic) bond motifs is 2. The summed E-state index contributed by atoms with van der Waals surface area (Å²) in [5.74, 6) is 0.0975. The quantitative estimate of drug-likeness (QED) is 0.709. The van der Waals surface area contributed by atoms with E-state index in [0.717, 1.165) is 0 Å². The van der Waals surface area contributed by atoms with Gasteiger partial charge in [-0.3, -0.25) is 14.8 Å². The van der Waals surface area contributed by atoms with E-state index in [9.17, 15) is 9.59 Å². The molecule has 3 aromatic rings. The number of carbonyl (C=O) groups excluding carboxylic acids is 2. The summed E-state index contributed by atoms with van der Waals surface area (Å²) in [6.45, 7) is 1.65. The molecule has 2 aromatic carbocycles. The zero-order valence-corrected chi connectivity index (χ0v) is 14.3. The molecule has 0 bridgehead atoms. The van der Waals surface area contributed by atoms with Crippen LogP contribution in [0.5, 0.6) is 11.5 Å². The number of nitrogens with one attached hydrogen (secondary N) is 1. The monoisotopic (exact) mass is 365 g/mol. The van der Waals surface area contributed by atoms with E-state index in [1.165, 1.54) is 6.92 Å². The van der Waals surface area contributed by atoms with Crippen LogP contribution in [-0.2, 0) is 9.53 Å². The summed E-state index contributed by atoms with van der Waals surface area (Å²) in [5, 5.41) is 2.68. The molecule has 1 atom stereocenters. The van der Waals surface area contributed by atoms with Crippen LogP contribution in [0.15, 0.2) is 48.8 Å². The van der Waals surface area contributed by atoms with Gasteiger partial charge in [0.1, 0.15) is 0 Å². The second kappa shape index (κ2) is 6.91. The summed E-state index contributed by atoms with van der Waals surface area (Å²) < 4.78 is 15.7.